The van der Waals surface area contributed by atoms with E-state index in [1.807, 2.05) is 63.2 Å². The number of carbonyl (C=O) groups is 1. The second-order valence-corrected chi connectivity index (χ2v) is 12.6. The Bertz CT molecular complexity index is 1440. The Hall–Kier alpha value is -3.65. The van der Waals surface area contributed by atoms with E-state index in [9.17, 15) is 20.1 Å². The van der Waals surface area contributed by atoms with Crippen LogP contribution in [0.3, 0.4) is 0 Å². The zero-order valence-corrected chi connectivity index (χ0v) is 29.1. The van der Waals surface area contributed by atoms with Gasteiger partial charge in [-0.3, -0.25) is 4.79 Å². The molecule has 4 atom stereocenters. The number of hydrogen-bond acceptors (Lipinski definition) is 11. The molecule has 0 aliphatic carbocycles. The Morgan fingerprint density at radius 3 is 2.19 bits per heavy atom. The van der Waals surface area contributed by atoms with Gasteiger partial charge in [0.1, 0.15) is 28.0 Å². The summed E-state index contributed by atoms with van der Waals surface area (Å²) in [5.41, 5.74) is 0.251. The Labute approximate surface area is 284 Å². The molecule has 13 heteroatoms. The minimum Gasteiger partial charge on any atom is -0.493 e. The molecule has 2 aliphatic rings. The summed E-state index contributed by atoms with van der Waals surface area (Å²) in [5, 5.41) is 29.8. The second kappa shape index (κ2) is 16.4. The van der Waals surface area contributed by atoms with Crippen LogP contribution in [0.1, 0.15) is 39.2 Å². The fourth-order valence-corrected chi connectivity index (χ4v) is 5.92. The van der Waals surface area contributed by atoms with E-state index in [2.05, 4.69) is 30.8 Å². The lowest BCUT2D eigenvalue weighted by molar-refractivity contribution is -0.141. The first-order chi connectivity index (χ1) is 22.5. The number of methoxy groups -OCH3 is 1. The van der Waals surface area contributed by atoms with Crippen molar-refractivity contribution < 1.29 is 39.1 Å². The standard InChI is InChI=1S/C27H37N3O7.C7H8BrNO/c1-5-36-19-7-9-25(28-11-19)29-12-20(13-29)37-24-10-18(6-8-23(24)35-4)21-14-30(26(34)22(33)15-31)16-27(21,3)17(2)32;1-2-10-6-3-4-7(8)9-5-6/h6-11,17,20-22,31-33H,5,12-16H2,1-4H3;3-5H,2H2,1H3/t17-,21+,22+,27+;/m1./s1. The van der Waals surface area contributed by atoms with Crippen LogP contribution in [0.5, 0.6) is 23.0 Å². The van der Waals surface area contributed by atoms with E-state index in [1.54, 1.807) is 26.4 Å². The number of aliphatic hydroxyl groups is 3. The zero-order valence-electron chi connectivity index (χ0n) is 27.5. The predicted molar refractivity (Wildman–Crippen MR) is 180 cm³/mol. The maximum atomic E-state index is 12.6. The molecule has 2 aliphatic heterocycles. The molecule has 2 fully saturated rings. The quantitative estimate of drug-likeness (QED) is 0.236. The van der Waals surface area contributed by atoms with Gasteiger partial charge in [0.2, 0.25) is 0 Å². The lowest BCUT2D eigenvalue weighted by Crippen LogP contribution is -2.54. The molecule has 0 unspecified atom stereocenters. The van der Waals surface area contributed by atoms with E-state index in [4.69, 9.17) is 18.9 Å². The Morgan fingerprint density at radius 2 is 1.66 bits per heavy atom. The number of aromatic nitrogens is 2. The Kier molecular flexibility index (Phi) is 12.7. The van der Waals surface area contributed by atoms with E-state index in [0.717, 1.165) is 27.5 Å². The van der Waals surface area contributed by atoms with Crippen molar-refractivity contribution >= 4 is 27.7 Å². The largest absolute Gasteiger partial charge is 0.493 e. The smallest absolute Gasteiger partial charge is 0.253 e. The van der Waals surface area contributed by atoms with Crippen molar-refractivity contribution in [3.05, 3.63) is 65.0 Å². The van der Waals surface area contributed by atoms with Crippen LogP contribution in [0.25, 0.3) is 0 Å². The minimum absolute atomic E-state index is 0.0537. The van der Waals surface area contributed by atoms with Gasteiger partial charge >= 0.3 is 0 Å². The number of carbonyl (C=O) groups excluding carboxylic acids is 1. The van der Waals surface area contributed by atoms with Gasteiger partial charge in [-0.15, -0.1) is 0 Å². The van der Waals surface area contributed by atoms with E-state index < -0.39 is 30.1 Å². The van der Waals surface area contributed by atoms with Crippen LogP contribution >= 0.6 is 15.9 Å². The van der Waals surface area contributed by atoms with Crippen molar-refractivity contribution in [3.63, 3.8) is 0 Å². The third-order valence-corrected chi connectivity index (χ3v) is 9.02. The number of amides is 1. The van der Waals surface area contributed by atoms with Gasteiger partial charge in [-0.2, -0.15) is 0 Å². The summed E-state index contributed by atoms with van der Waals surface area (Å²) in [4.78, 5) is 24.7. The van der Waals surface area contributed by atoms with E-state index in [1.165, 1.54) is 4.90 Å². The molecule has 1 aromatic carbocycles. The van der Waals surface area contributed by atoms with E-state index in [0.29, 0.717) is 44.3 Å². The molecule has 47 heavy (non-hydrogen) atoms. The first kappa shape index (κ1) is 36.2. The van der Waals surface area contributed by atoms with Crippen molar-refractivity contribution in [2.24, 2.45) is 5.41 Å². The fraction of sp³-hybridized carbons (Fsp3) is 0.500. The van der Waals surface area contributed by atoms with Crippen LogP contribution in [0, 0.1) is 5.41 Å². The normalized spacial score (nSPS) is 20.4. The molecule has 0 saturated carbocycles. The highest BCUT2D eigenvalue weighted by Gasteiger charge is 2.49. The van der Waals surface area contributed by atoms with Crippen molar-refractivity contribution in [2.75, 3.05) is 58.0 Å². The van der Waals surface area contributed by atoms with Crippen LogP contribution in [0.4, 0.5) is 5.82 Å². The minimum atomic E-state index is -1.47. The summed E-state index contributed by atoms with van der Waals surface area (Å²) in [6.07, 6.45) is 1.16. The lowest BCUT2D eigenvalue weighted by atomic mass is 9.72. The number of likely N-dealkylation sites (tertiary alicyclic amines) is 1. The molecule has 4 heterocycles. The van der Waals surface area contributed by atoms with Crippen molar-refractivity contribution in [1.82, 2.24) is 14.9 Å². The van der Waals surface area contributed by atoms with Crippen LogP contribution in [-0.2, 0) is 4.79 Å². The summed E-state index contributed by atoms with van der Waals surface area (Å²) >= 11 is 3.23. The van der Waals surface area contributed by atoms with Gasteiger partial charge in [-0.1, -0.05) is 13.0 Å². The number of rotatable bonds is 12. The van der Waals surface area contributed by atoms with Crippen LogP contribution in [-0.4, -0.2) is 108 Å². The summed E-state index contributed by atoms with van der Waals surface area (Å²) in [6, 6.07) is 13.2. The number of aliphatic hydroxyl groups excluding tert-OH is 3. The lowest BCUT2D eigenvalue weighted by Gasteiger charge is -2.40. The number of hydrogen-bond donors (Lipinski definition) is 3. The molecular weight excluding hydrogens is 672 g/mol. The Balaban J connectivity index is 0.000000427. The summed E-state index contributed by atoms with van der Waals surface area (Å²) in [7, 11) is 1.59. The molecule has 2 saturated heterocycles. The molecule has 1 amide bonds. The van der Waals surface area contributed by atoms with Gasteiger partial charge in [0.15, 0.2) is 17.6 Å². The predicted octanol–water partition coefficient (Wildman–Crippen LogP) is 3.67. The number of nitrogens with zero attached hydrogens (tertiary/aromatic N) is 4. The summed E-state index contributed by atoms with van der Waals surface area (Å²) < 4.78 is 23.3. The number of ether oxygens (including phenoxy) is 4. The van der Waals surface area contributed by atoms with Crippen LogP contribution in [0.15, 0.2) is 59.5 Å². The molecule has 256 valence electrons. The highest BCUT2D eigenvalue weighted by Crippen LogP contribution is 2.47. The third-order valence-electron chi connectivity index (χ3n) is 8.55. The number of halogens is 1. The molecular formula is C34H45BrN4O8. The fourth-order valence-electron chi connectivity index (χ4n) is 5.69. The van der Waals surface area contributed by atoms with Gasteiger partial charge in [0.05, 0.1) is 58.5 Å². The molecule has 0 spiro atoms. The summed E-state index contributed by atoms with van der Waals surface area (Å²) in [5.74, 6) is 2.85. The maximum absolute atomic E-state index is 12.6. The molecule has 3 aromatic rings. The summed E-state index contributed by atoms with van der Waals surface area (Å²) in [6.45, 7) is 10.1. The SMILES string of the molecule is CCOc1ccc(Br)nc1.CCOc1ccc(N2CC(Oc3cc([C@@H]4CN(C(=O)[C@@H](O)CO)C[C@@]4(C)[C@@H](C)O)ccc3OC)C2)nc1. The molecule has 0 radical (unpaired) electrons. The second-order valence-electron chi connectivity index (χ2n) is 11.7. The first-order valence-electron chi connectivity index (χ1n) is 15.7. The third kappa shape index (κ3) is 8.83. The molecule has 2 aromatic heterocycles. The van der Waals surface area contributed by atoms with E-state index >= 15 is 0 Å². The topological polar surface area (TPSA) is 147 Å². The van der Waals surface area contributed by atoms with Crippen molar-refractivity contribution in [2.45, 2.75) is 51.9 Å². The number of benzene rings is 1. The average Bonchev–Trinajstić information content (AvgIpc) is 3.42. The number of anilines is 1. The molecule has 12 nitrogen and oxygen atoms in total. The van der Waals surface area contributed by atoms with Crippen LogP contribution < -0.4 is 23.8 Å². The zero-order chi connectivity index (χ0) is 34.1. The van der Waals surface area contributed by atoms with E-state index in [-0.39, 0.29) is 18.6 Å². The van der Waals surface area contributed by atoms with Gasteiger partial charge < -0.3 is 44.1 Å². The van der Waals surface area contributed by atoms with Gasteiger partial charge in [-0.25, -0.2) is 9.97 Å². The van der Waals surface area contributed by atoms with Crippen molar-refractivity contribution in [3.8, 4) is 23.0 Å². The molecule has 0 bridgehead atoms. The first-order valence-corrected chi connectivity index (χ1v) is 16.5. The highest BCUT2D eigenvalue weighted by molar-refractivity contribution is 9.10. The highest BCUT2D eigenvalue weighted by atomic mass is 79.9. The Morgan fingerprint density at radius 1 is 1.00 bits per heavy atom. The van der Waals surface area contributed by atoms with Gasteiger partial charge in [-0.05, 0) is 78.7 Å². The van der Waals surface area contributed by atoms with Gasteiger partial charge in [0.25, 0.3) is 5.91 Å². The average molecular weight is 718 g/mol. The van der Waals surface area contributed by atoms with Crippen LogP contribution in [0.2, 0.25) is 0 Å². The van der Waals surface area contributed by atoms with Gasteiger partial charge in [0, 0.05) is 24.4 Å². The maximum Gasteiger partial charge on any atom is 0.253 e. The van der Waals surface area contributed by atoms with Crippen molar-refractivity contribution in [1.29, 1.82) is 0 Å². The molecule has 5 rings (SSSR count). The monoisotopic (exact) mass is 716 g/mol. The molecule has 3 N–H and O–H groups in total. The number of pyridine rings is 2.